The molecule has 2 aliphatic heterocycles. The van der Waals surface area contributed by atoms with Gasteiger partial charge in [-0.05, 0) is 60.0 Å². The number of benzene rings is 4. The van der Waals surface area contributed by atoms with Crippen LogP contribution in [0.1, 0.15) is 35.3 Å². The van der Waals surface area contributed by atoms with Gasteiger partial charge in [-0.15, -0.1) is 0 Å². The van der Waals surface area contributed by atoms with Gasteiger partial charge in [-0.25, -0.2) is 4.79 Å². The van der Waals surface area contributed by atoms with Crippen LogP contribution in [-0.2, 0) is 22.6 Å². The molecule has 0 unspecified atom stereocenters. The molecule has 236 valence electrons. The van der Waals surface area contributed by atoms with Gasteiger partial charge in [0.1, 0.15) is 12.2 Å². The third-order valence-electron chi connectivity index (χ3n) is 8.67. The Morgan fingerprint density at radius 1 is 0.891 bits per heavy atom. The van der Waals surface area contributed by atoms with Crippen molar-refractivity contribution in [2.75, 3.05) is 25.5 Å². The molecule has 5 amide bonds. The summed E-state index contributed by atoms with van der Waals surface area (Å²) in [7, 11) is 1.57. The average molecular weight is 619 g/mol. The number of piperazine rings is 1. The first-order chi connectivity index (χ1) is 22.2. The first kappa shape index (κ1) is 30.8. The number of amides is 5. The summed E-state index contributed by atoms with van der Waals surface area (Å²) in [5.74, 6) is -0.553. The highest BCUT2D eigenvalue weighted by Gasteiger charge is 2.52. The SMILES string of the molecule is CNC(=O)N(C(C)C)N1CC(=O)N2[C@@H](Cc3ccc(NC(=O)c4ccccc4)cc3)C(=O)N(Cc3cccc4ccccc34)C[C@@H]21. The fourth-order valence-corrected chi connectivity index (χ4v) is 6.50. The molecule has 4 aromatic carbocycles. The summed E-state index contributed by atoms with van der Waals surface area (Å²) in [5.41, 5.74) is 3.05. The minimum Gasteiger partial charge on any atom is -0.340 e. The minimum atomic E-state index is -0.769. The molecule has 6 rings (SSSR count). The molecule has 0 radical (unpaired) electrons. The summed E-state index contributed by atoms with van der Waals surface area (Å²) in [6.07, 6.45) is -0.232. The second kappa shape index (κ2) is 13.0. The van der Waals surface area contributed by atoms with Gasteiger partial charge >= 0.3 is 6.03 Å². The standard InChI is InChI=1S/C36H38N6O4/c1-24(2)42(36(46)37-3)40-23-33(43)41-31(20-25-16-18-29(19-17-25)38-34(44)27-11-5-4-6-12-27)35(45)39(22-32(40)41)21-28-14-9-13-26-10-7-8-15-30(26)28/h4-19,24,31-32H,20-23H2,1-3H3,(H,37,46)(H,38,44)/t31-,32+/m0/s1. The molecule has 2 heterocycles. The van der Waals surface area contributed by atoms with Gasteiger partial charge in [0, 0.05) is 37.3 Å². The van der Waals surface area contributed by atoms with E-state index in [9.17, 15) is 19.2 Å². The number of nitrogens with one attached hydrogen (secondary N) is 2. The van der Waals surface area contributed by atoms with Crippen LogP contribution in [0.5, 0.6) is 0 Å². The zero-order valence-corrected chi connectivity index (χ0v) is 26.2. The fraction of sp³-hybridized carbons (Fsp3) is 0.278. The highest BCUT2D eigenvalue weighted by Crippen LogP contribution is 2.32. The Morgan fingerprint density at radius 3 is 2.30 bits per heavy atom. The number of anilines is 1. The van der Waals surface area contributed by atoms with E-state index < -0.39 is 12.2 Å². The number of rotatable bonds is 8. The van der Waals surface area contributed by atoms with E-state index in [4.69, 9.17) is 0 Å². The van der Waals surface area contributed by atoms with Crippen molar-refractivity contribution >= 4 is 40.2 Å². The van der Waals surface area contributed by atoms with Crippen LogP contribution in [0.3, 0.4) is 0 Å². The highest BCUT2D eigenvalue weighted by molar-refractivity contribution is 6.04. The lowest BCUT2D eigenvalue weighted by Crippen LogP contribution is -2.66. The number of hydrogen-bond donors (Lipinski definition) is 2. The zero-order chi connectivity index (χ0) is 32.4. The van der Waals surface area contributed by atoms with E-state index in [0.717, 1.165) is 21.9 Å². The number of carbonyl (C=O) groups is 4. The maximum absolute atomic E-state index is 14.3. The molecule has 0 saturated carbocycles. The summed E-state index contributed by atoms with van der Waals surface area (Å²) in [4.78, 5) is 57.1. The van der Waals surface area contributed by atoms with Crippen molar-refractivity contribution in [3.05, 3.63) is 114 Å². The largest absolute Gasteiger partial charge is 0.340 e. The third kappa shape index (κ3) is 6.03. The van der Waals surface area contributed by atoms with E-state index >= 15 is 0 Å². The van der Waals surface area contributed by atoms with Gasteiger partial charge in [0.25, 0.3) is 5.91 Å². The molecular formula is C36H38N6O4. The lowest BCUT2D eigenvalue weighted by atomic mass is 9.98. The minimum absolute atomic E-state index is 0.00733. The lowest BCUT2D eigenvalue weighted by molar-refractivity contribution is -0.158. The molecule has 2 aliphatic rings. The Kier molecular flexibility index (Phi) is 8.72. The molecule has 4 aromatic rings. The van der Waals surface area contributed by atoms with Crippen LogP contribution in [-0.4, -0.2) is 82.0 Å². The Morgan fingerprint density at radius 2 is 1.59 bits per heavy atom. The van der Waals surface area contributed by atoms with Crippen LogP contribution in [0, 0.1) is 0 Å². The molecule has 10 nitrogen and oxygen atoms in total. The van der Waals surface area contributed by atoms with Crippen molar-refractivity contribution in [2.45, 2.75) is 45.1 Å². The second-order valence-electron chi connectivity index (χ2n) is 12.0. The van der Waals surface area contributed by atoms with Gasteiger partial charge in [-0.2, -0.15) is 5.01 Å². The number of fused-ring (bicyclic) bond motifs is 2. The maximum atomic E-state index is 14.3. The van der Waals surface area contributed by atoms with Crippen molar-refractivity contribution in [2.24, 2.45) is 0 Å². The topological polar surface area (TPSA) is 105 Å². The van der Waals surface area contributed by atoms with Crippen LogP contribution in [0.25, 0.3) is 10.8 Å². The quantitative estimate of drug-likeness (QED) is 0.303. The molecule has 10 heteroatoms. The van der Waals surface area contributed by atoms with E-state index in [0.29, 0.717) is 17.8 Å². The number of nitrogens with zero attached hydrogens (tertiary/aromatic N) is 4. The van der Waals surface area contributed by atoms with Crippen LogP contribution < -0.4 is 10.6 Å². The van der Waals surface area contributed by atoms with Crippen LogP contribution in [0.2, 0.25) is 0 Å². The van der Waals surface area contributed by atoms with E-state index in [1.807, 2.05) is 73.3 Å². The van der Waals surface area contributed by atoms with Gasteiger partial charge in [0.15, 0.2) is 0 Å². The zero-order valence-electron chi connectivity index (χ0n) is 26.2. The van der Waals surface area contributed by atoms with Crippen molar-refractivity contribution in [1.82, 2.24) is 25.1 Å². The van der Waals surface area contributed by atoms with Crippen LogP contribution in [0.4, 0.5) is 10.5 Å². The molecule has 2 fully saturated rings. The highest BCUT2D eigenvalue weighted by atomic mass is 16.2. The monoisotopic (exact) mass is 618 g/mol. The molecule has 0 aromatic heterocycles. The average Bonchev–Trinajstić information content (AvgIpc) is 3.38. The summed E-state index contributed by atoms with van der Waals surface area (Å²) >= 11 is 0. The molecule has 2 N–H and O–H groups in total. The Balaban J connectivity index is 1.30. The molecule has 0 spiro atoms. The van der Waals surface area contributed by atoms with Gasteiger partial charge in [-0.1, -0.05) is 72.8 Å². The van der Waals surface area contributed by atoms with Crippen molar-refractivity contribution in [3.8, 4) is 0 Å². The summed E-state index contributed by atoms with van der Waals surface area (Å²) < 4.78 is 0. The molecule has 0 bridgehead atoms. The van der Waals surface area contributed by atoms with Crippen molar-refractivity contribution < 1.29 is 19.2 Å². The predicted molar refractivity (Wildman–Crippen MR) is 176 cm³/mol. The first-order valence-corrected chi connectivity index (χ1v) is 15.5. The predicted octanol–water partition coefficient (Wildman–Crippen LogP) is 4.48. The van der Waals surface area contributed by atoms with Crippen LogP contribution in [0.15, 0.2) is 97.1 Å². The first-order valence-electron chi connectivity index (χ1n) is 15.5. The summed E-state index contributed by atoms with van der Waals surface area (Å²) in [6.45, 7) is 4.43. The smallest absolute Gasteiger partial charge is 0.331 e. The van der Waals surface area contributed by atoms with Gasteiger partial charge in [0.2, 0.25) is 11.8 Å². The van der Waals surface area contributed by atoms with Gasteiger partial charge in [-0.3, -0.25) is 19.4 Å². The maximum Gasteiger partial charge on any atom is 0.331 e. The second-order valence-corrected chi connectivity index (χ2v) is 12.0. The lowest BCUT2D eigenvalue weighted by Gasteiger charge is -2.47. The van der Waals surface area contributed by atoms with E-state index in [2.05, 4.69) is 28.8 Å². The fourth-order valence-electron chi connectivity index (χ4n) is 6.50. The summed E-state index contributed by atoms with van der Waals surface area (Å²) in [6, 6.07) is 29.2. The van der Waals surface area contributed by atoms with Crippen molar-refractivity contribution in [3.63, 3.8) is 0 Å². The van der Waals surface area contributed by atoms with Gasteiger partial charge in [0.05, 0.1) is 13.1 Å². The normalized spacial score (nSPS) is 18.2. The van der Waals surface area contributed by atoms with E-state index in [1.54, 1.807) is 46.2 Å². The number of hydrazine groups is 1. The third-order valence-corrected chi connectivity index (χ3v) is 8.67. The summed E-state index contributed by atoms with van der Waals surface area (Å²) in [5, 5.41) is 11.1. The molecule has 0 aliphatic carbocycles. The Hall–Kier alpha value is -5.22. The number of urea groups is 1. The van der Waals surface area contributed by atoms with Gasteiger partial charge < -0.3 is 20.4 Å². The Bertz CT molecular complexity index is 1750. The molecule has 2 saturated heterocycles. The Labute approximate surface area is 268 Å². The number of carbonyl (C=O) groups excluding carboxylic acids is 4. The number of hydrogen-bond acceptors (Lipinski definition) is 5. The van der Waals surface area contributed by atoms with Crippen molar-refractivity contribution in [1.29, 1.82) is 0 Å². The van der Waals surface area contributed by atoms with E-state index in [-0.39, 0.29) is 49.3 Å². The molecule has 46 heavy (non-hydrogen) atoms. The molecular weight excluding hydrogens is 580 g/mol. The van der Waals surface area contributed by atoms with Crippen LogP contribution >= 0.6 is 0 Å². The van der Waals surface area contributed by atoms with E-state index in [1.165, 1.54) is 0 Å². The molecule has 2 atom stereocenters.